The number of benzene rings is 1. The average Bonchev–Trinajstić information content (AvgIpc) is 2.81. The van der Waals surface area contributed by atoms with Crippen LogP contribution in [-0.2, 0) is 6.54 Å². The molecular weight excluding hydrogens is 252 g/mol. The summed E-state index contributed by atoms with van der Waals surface area (Å²) in [6.07, 6.45) is 0. The molecule has 0 radical (unpaired) electrons. The van der Waals surface area contributed by atoms with Crippen LogP contribution in [0.4, 0.5) is 11.4 Å². The summed E-state index contributed by atoms with van der Waals surface area (Å²) in [5, 5.41) is 17.6. The summed E-state index contributed by atoms with van der Waals surface area (Å²) in [4.78, 5) is 14.6. The van der Waals surface area contributed by atoms with E-state index in [1.165, 1.54) is 13.2 Å². The van der Waals surface area contributed by atoms with Crippen molar-refractivity contribution in [2.45, 2.75) is 13.5 Å². The molecule has 19 heavy (non-hydrogen) atoms. The number of nitrogens with zero attached hydrogens (tertiary/aromatic N) is 3. The van der Waals surface area contributed by atoms with Gasteiger partial charge in [0.05, 0.1) is 18.6 Å². The Morgan fingerprint density at radius 2 is 2.32 bits per heavy atom. The van der Waals surface area contributed by atoms with Crippen LogP contribution in [0.3, 0.4) is 0 Å². The van der Waals surface area contributed by atoms with E-state index in [9.17, 15) is 10.1 Å². The molecule has 0 atom stereocenters. The fraction of sp³-hybridized carbons (Fsp3) is 0.273. The average molecular weight is 264 g/mol. The minimum Gasteiger partial charge on any atom is -0.490 e. The van der Waals surface area contributed by atoms with Gasteiger partial charge in [0.15, 0.2) is 11.6 Å². The van der Waals surface area contributed by atoms with Crippen molar-refractivity contribution in [2.24, 2.45) is 0 Å². The number of nitro groups is 1. The molecule has 0 unspecified atom stereocenters. The van der Waals surface area contributed by atoms with Gasteiger partial charge in [-0.05, 0) is 12.1 Å². The molecule has 8 heteroatoms. The lowest BCUT2D eigenvalue weighted by Gasteiger charge is -2.07. The molecule has 0 amide bonds. The van der Waals surface area contributed by atoms with Crippen LogP contribution in [-0.4, -0.2) is 22.2 Å². The van der Waals surface area contributed by atoms with Gasteiger partial charge in [0.2, 0.25) is 5.89 Å². The summed E-state index contributed by atoms with van der Waals surface area (Å²) in [6, 6.07) is 4.78. The molecule has 0 aliphatic carbocycles. The number of hydrogen-bond donors (Lipinski definition) is 1. The number of ether oxygens (including phenoxy) is 1. The second-order valence-electron chi connectivity index (χ2n) is 3.70. The van der Waals surface area contributed by atoms with E-state index in [0.29, 0.717) is 17.4 Å². The zero-order valence-corrected chi connectivity index (χ0v) is 10.4. The predicted octanol–water partition coefficient (Wildman–Crippen LogP) is 1.91. The Kier molecular flexibility index (Phi) is 3.60. The first-order valence-electron chi connectivity index (χ1n) is 5.46. The highest BCUT2D eigenvalue weighted by molar-refractivity contribution is 5.68. The van der Waals surface area contributed by atoms with E-state index in [4.69, 9.17) is 9.26 Å². The van der Waals surface area contributed by atoms with Crippen LogP contribution in [0.5, 0.6) is 5.75 Å². The molecule has 1 aromatic heterocycles. The molecule has 0 aliphatic heterocycles. The summed E-state index contributed by atoms with van der Waals surface area (Å²) >= 11 is 0. The Balaban J connectivity index is 2.22. The van der Waals surface area contributed by atoms with E-state index in [0.717, 1.165) is 0 Å². The van der Waals surface area contributed by atoms with Crippen LogP contribution in [0, 0.1) is 17.0 Å². The van der Waals surface area contributed by atoms with Crippen LogP contribution >= 0.6 is 0 Å². The zero-order valence-electron chi connectivity index (χ0n) is 10.4. The van der Waals surface area contributed by atoms with E-state index in [-0.39, 0.29) is 18.0 Å². The van der Waals surface area contributed by atoms with Gasteiger partial charge >= 0.3 is 5.69 Å². The second-order valence-corrected chi connectivity index (χ2v) is 3.70. The van der Waals surface area contributed by atoms with Crippen molar-refractivity contribution in [1.82, 2.24) is 10.1 Å². The van der Waals surface area contributed by atoms with E-state index in [1.54, 1.807) is 19.1 Å². The van der Waals surface area contributed by atoms with Crippen LogP contribution in [0.15, 0.2) is 22.7 Å². The van der Waals surface area contributed by atoms with Crippen LogP contribution in [0.25, 0.3) is 0 Å². The van der Waals surface area contributed by atoms with Gasteiger partial charge in [-0.15, -0.1) is 0 Å². The monoisotopic (exact) mass is 264 g/mol. The Bertz CT molecular complexity index is 596. The van der Waals surface area contributed by atoms with Crippen molar-refractivity contribution < 1.29 is 14.2 Å². The summed E-state index contributed by atoms with van der Waals surface area (Å²) in [7, 11) is 1.38. The van der Waals surface area contributed by atoms with Crippen molar-refractivity contribution in [1.29, 1.82) is 0 Å². The highest BCUT2D eigenvalue weighted by Gasteiger charge is 2.20. The largest absolute Gasteiger partial charge is 0.490 e. The highest BCUT2D eigenvalue weighted by Crippen LogP contribution is 2.34. The minimum absolute atomic E-state index is 0.120. The van der Waals surface area contributed by atoms with Gasteiger partial charge in [0.1, 0.15) is 5.69 Å². The van der Waals surface area contributed by atoms with Crippen molar-refractivity contribution in [3.63, 3.8) is 0 Å². The number of aromatic nitrogens is 2. The van der Waals surface area contributed by atoms with Crippen molar-refractivity contribution in [3.05, 3.63) is 40.0 Å². The van der Waals surface area contributed by atoms with Gasteiger partial charge in [-0.3, -0.25) is 10.1 Å². The first-order valence-corrected chi connectivity index (χ1v) is 5.46. The second kappa shape index (κ2) is 5.34. The molecule has 0 saturated carbocycles. The Hall–Kier alpha value is -2.64. The van der Waals surface area contributed by atoms with Crippen LogP contribution < -0.4 is 10.1 Å². The molecule has 2 rings (SSSR count). The summed E-state index contributed by atoms with van der Waals surface area (Å²) in [5.41, 5.74) is 0.219. The lowest BCUT2D eigenvalue weighted by atomic mass is 10.2. The normalized spacial score (nSPS) is 10.2. The van der Waals surface area contributed by atoms with Gasteiger partial charge in [-0.1, -0.05) is 11.2 Å². The van der Waals surface area contributed by atoms with Gasteiger partial charge < -0.3 is 14.6 Å². The zero-order chi connectivity index (χ0) is 13.8. The number of nitro benzene ring substituents is 1. The molecule has 0 fully saturated rings. The van der Waals surface area contributed by atoms with E-state index in [1.807, 2.05) is 0 Å². The molecular formula is C11H12N4O4. The topological polar surface area (TPSA) is 103 Å². The minimum atomic E-state index is -0.497. The Morgan fingerprint density at radius 1 is 1.53 bits per heavy atom. The maximum absolute atomic E-state index is 11.1. The molecule has 0 bridgehead atoms. The van der Waals surface area contributed by atoms with Crippen molar-refractivity contribution in [3.8, 4) is 5.75 Å². The third-order valence-corrected chi connectivity index (χ3v) is 2.41. The van der Waals surface area contributed by atoms with Gasteiger partial charge in [-0.25, -0.2) is 0 Å². The van der Waals surface area contributed by atoms with E-state index < -0.39 is 4.92 Å². The smallest absolute Gasteiger partial charge is 0.333 e. The molecule has 8 nitrogen and oxygen atoms in total. The van der Waals surface area contributed by atoms with Crippen LogP contribution in [0.1, 0.15) is 11.7 Å². The molecule has 100 valence electrons. The molecule has 1 N–H and O–H groups in total. The number of aryl methyl sites for hydroxylation is 1. The van der Waals surface area contributed by atoms with Crippen LogP contribution in [0.2, 0.25) is 0 Å². The first-order chi connectivity index (χ1) is 9.11. The standard InChI is InChI=1S/C11H12N4O4/c1-7-13-10(14-19-7)6-12-8-4-3-5-9(18-2)11(8)15(16)17/h3-5,12H,6H2,1-2H3. The SMILES string of the molecule is COc1cccc(NCc2noc(C)n2)c1[N+](=O)[O-]. The summed E-state index contributed by atoms with van der Waals surface area (Å²) < 4.78 is 9.79. The molecule has 0 saturated heterocycles. The number of methoxy groups -OCH3 is 1. The number of para-hydroxylation sites is 1. The number of hydrogen-bond acceptors (Lipinski definition) is 7. The third kappa shape index (κ3) is 2.79. The molecule has 0 aliphatic rings. The summed E-state index contributed by atoms with van der Waals surface area (Å²) in [5.74, 6) is 1.06. The molecule has 0 spiro atoms. The Morgan fingerprint density at radius 3 is 2.89 bits per heavy atom. The van der Waals surface area contributed by atoms with E-state index >= 15 is 0 Å². The third-order valence-electron chi connectivity index (χ3n) is 2.41. The van der Waals surface area contributed by atoms with Crippen molar-refractivity contribution >= 4 is 11.4 Å². The fourth-order valence-corrected chi connectivity index (χ4v) is 1.61. The highest BCUT2D eigenvalue weighted by atomic mass is 16.6. The molecule has 1 aromatic carbocycles. The number of nitrogens with one attached hydrogen (secondary N) is 1. The quantitative estimate of drug-likeness (QED) is 0.649. The van der Waals surface area contributed by atoms with E-state index in [2.05, 4.69) is 15.5 Å². The maximum atomic E-state index is 11.1. The van der Waals surface area contributed by atoms with Gasteiger partial charge in [-0.2, -0.15) is 4.98 Å². The summed E-state index contributed by atoms with van der Waals surface area (Å²) in [6.45, 7) is 1.90. The fourth-order valence-electron chi connectivity index (χ4n) is 1.61. The molecule has 1 heterocycles. The van der Waals surface area contributed by atoms with Gasteiger partial charge in [0, 0.05) is 6.92 Å². The number of rotatable bonds is 5. The Labute approximate surface area is 108 Å². The first kappa shape index (κ1) is 12.8. The lowest BCUT2D eigenvalue weighted by Crippen LogP contribution is -2.05. The predicted molar refractivity (Wildman–Crippen MR) is 66.0 cm³/mol. The molecule has 2 aromatic rings. The lowest BCUT2D eigenvalue weighted by molar-refractivity contribution is -0.384. The number of anilines is 1. The van der Waals surface area contributed by atoms with Crippen molar-refractivity contribution in [2.75, 3.05) is 12.4 Å². The maximum Gasteiger partial charge on any atom is 0.333 e. The van der Waals surface area contributed by atoms with Gasteiger partial charge in [0.25, 0.3) is 0 Å².